The Bertz CT molecular complexity index is 1190. The molecule has 0 radical (unpaired) electrons. The summed E-state index contributed by atoms with van der Waals surface area (Å²) in [5.74, 6) is -0.817. The van der Waals surface area contributed by atoms with Crippen molar-refractivity contribution in [3.05, 3.63) is 81.6 Å². The molecule has 33 heavy (non-hydrogen) atoms. The number of carbonyl (C=O) groups excluding carboxylic acids is 3. The van der Waals surface area contributed by atoms with Gasteiger partial charge < -0.3 is 4.90 Å². The van der Waals surface area contributed by atoms with Gasteiger partial charge in [-0.05, 0) is 36.6 Å². The van der Waals surface area contributed by atoms with Gasteiger partial charge in [0.25, 0.3) is 0 Å². The number of aromatic nitrogens is 2. The Labute approximate surface area is 197 Å². The SMILES string of the molecule is Cc1nc(CN(C)C(=O)CC2(c3ccccc3C)CC(=O)N(Cc3cccnc3)C2=O)cs1. The maximum Gasteiger partial charge on any atom is 0.241 e. The minimum absolute atomic E-state index is 0.0354. The van der Waals surface area contributed by atoms with Crippen molar-refractivity contribution in [3.8, 4) is 0 Å². The summed E-state index contributed by atoms with van der Waals surface area (Å²) in [7, 11) is 1.71. The first kappa shape index (κ1) is 22.8. The molecule has 1 fully saturated rings. The first-order valence-electron chi connectivity index (χ1n) is 10.7. The third-order valence-corrected chi connectivity index (χ3v) is 6.90. The lowest BCUT2D eigenvalue weighted by Gasteiger charge is -2.30. The summed E-state index contributed by atoms with van der Waals surface area (Å²) in [5.41, 5.74) is 1.96. The van der Waals surface area contributed by atoms with Crippen molar-refractivity contribution in [1.82, 2.24) is 19.8 Å². The van der Waals surface area contributed by atoms with E-state index in [4.69, 9.17) is 0 Å². The highest BCUT2D eigenvalue weighted by Crippen LogP contribution is 2.42. The summed E-state index contributed by atoms with van der Waals surface area (Å²) in [6.07, 6.45) is 3.17. The van der Waals surface area contributed by atoms with Crippen molar-refractivity contribution in [1.29, 1.82) is 0 Å². The molecule has 0 aliphatic carbocycles. The van der Waals surface area contributed by atoms with Crippen LogP contribution in [0.5, 0.6) is 0 Å². The van der Waals surface area contributed by atoms with Crippen LogP contribution in [-0.4, -0.2) is 44.5 Å². The molecule has 0 saturated carbocycles. The van der Waals surface area contributed by atoms with Crippen LogP contribution in [-0.2, 0) is 32.9 Å². The van der Waals surface area contributed by atoms with Crippen molar-refractivity contribution in [3.63, 3.8) is 0 Å². The number of thiazole rings is 1. The van der Waals surface area contributed by atoms with Crippen LogP contribution in [0, 0.1) is 13.8 Å². The number of hydrogen-bond acceptors (Lipinski definition) is 6. The number of amides is 3. The lowest BCUT2D eigenvalue weighted by atomic mass is 9.74. The highest BCUT2D eigenvalue weighted by Gasteiger charge is 2.54. The minimum Gasteiger partial charge on any atom is -0.340 e. The van der Waals surface area contributed by atoms with Crippen LogP contribution >= 0.6 is 11.3 Å². The predicted molar refractivity (Wildman–Crippen MR) is 125 cm³/mol. The van der Waals surface area contributed by atoms with Crippen molar-refractivity contribution < 1.29 is 14.4 Å². The fraction of sp³-hybridized carbons (Fsp3) is 0.320. The van der Waals surface area contributed by atoms with E-state index in [9.17, 15) is 14.4 Å². The molecule has 3 aromatic rings. The van der Waals surface area contributed by atoms with Gasteiger partial charge in [0.2, 0.25) is 17.7 Å². The fourth-order valence-electron chi connectivity index (χ4n) is 4.39. The van der Waals surface area contributed by atoms with E-state index in [1.807, 2.05) is 49.6 Å². The van der Waals surface area contributed by atoms with Gasteiger partial charge in [0.05, 0.1) is 29.2 Å². The smallest absolute Gasteiger partial charge is 0.241 e. The second kappa shape index (κ2) is 9.23. The van der Waals surface area contributed by atoms with E-state index < -0.39 is 5.41 Å². The van der Waals surface area contributed by atoms with E-state index in [0.717, 1.165) is 27.4 Å². The number of likely N-dealkylation sites (tertiary alicyclic amines) is 1. The van der Waals surface area contributed by atoms with Gasteiger partial charge in [-0.2, -0.15) is 0 Å². The quantitative estimate of drug-likeness (QED) is 0.503. The second-order valence-corrected chi connectivity index (χ2v) is 9.57. The maximum absolute atomic E-state index is 13.8. The number of rotatable bonds is 7. The molecule has 1 atom stereocenters. The molecular weight excluding hydrogens is 436 g/mol. The largest absolute Gasteiger partial charge is 0.340 e. The van der Waals surface area contributed by atoms with Crippen molar-refractivity contribution in [2.75, 3.05) is 7.05 Å². The first-order valence-corrected chi connectivity index (χ1v) is 11.6. The standard InChI is InChI=1S/C25H26N4O3S/c1-17-7-4-5-9-21(17)25(11-22(30)28(3)15-20-16-33-18(2)27-20)12-23(31)29(24(25)32)14-19-8-6-10-26-13-19/h4-10,13,16H,11-12,14-15H2,1-3H3. The number of carbonyl (C=O) groups is 3. The normalized spacial score (nSPS) is 18.1. The Hall–Kier alpha value is -3.39. The number of nitrogens with zero attached hydrogens (tertiary/aromatic N) is 4. The van der Waals surface area contributed by atoms with Gasteiger partial charge in [-0.1, -0.05) is 30.3 Å². The topological polar surface area (TPSA) is 83.5 Å². The predicted octanol–water partition coefficient (Wildman–Crippen LogP) is 3.40. The molecule has 8 heteroatoms. The molecule has 2 aromatic heterocycles. The Morgan fingerprint density at radius 1 is 1.18 bits per heavy atom. The molecule has 7 nitrogen and oxygen atoms in total. The summed E-state index contributed by atoms with van der Waals surface area (Å²) < 4.78 is 0. The molecular formula is C25H26N4O3S. The Morgan fingerprint density at radius 2 is 1.97 bits per heavy atom. The number of imide groups is 1. The van der Waals surface area contributed by atoms with E-state index in [-0.39, 0.29) is 37.1 Å². The highest BCUT2D eigenvalue weighted by molar-refractivity contribution is 7.09. The van der Waals surface area contributed by atoms with Gasteiger partial charge in [0, 0.05) is 37.7 Å². The van der Waals surface area contributed by atoms with Crippen molar-refractivity contribution >= 4 is 29.1 Å². The van der Waals surface area contributed by atoms with Crippen molar-refractivity contribution in [2.45, 2.75) is 45.2 Å². The lowest BCUT2D eigenvalue weighted by Crippen LogP contribution is -2.42. The van der Waals surface area contributed by atoms with E-state index >= 15 is 0 Å². The summed E-state index contributed by atoms with van der Waals surface area (Å²) in [5, 5.41) is 2.86. The average molecular weight is 463 g/mol. The summed E-state index contributed by atoms with van der Waals surface area (Å²) in [4.78, 5) is 51.6. The summed E-state index contributed by atoms with van der Waals surface area (Å²) in [6.45, 7) is 4.32. The molecule has 1 aliphatic rings. The number of hydrogen-bond donors (Lipinski definition) is 0. The van der Waals surface area contributed by atoms with E-state index in [2.05, 4.69) is 9.97 Å². The molecule has 1 aromatic carbocycles. The van der Waals surface area contributed by atoms with Crippen LogP contribution in [0.1, 0.15) is 40.2 Å². The molecule has 3 amide bonds. The molecule has 4 rings (SSSR count). The van der Waals surface area contributed by atoms with Crippen LogP contribution < -0.4 is 0 Å². The van der Waals surface area contributed by atoms with Gasteiger partial charge in [-0.25, -0.2) is 4.98 Å². The summed E-state index contributed by atoms with van der Waals surface area (Å²) >= 11 is 1.53. The Balaban J connectivity index is 1.65. The average Bonchev–Trinajstić information content (AvgIpc) is 3.30. The number of pyridine rings is 1. The molecule has 1 saturated heterocycles. The molecule has 1 unspecified atom stereocenters. The van der Waals surface area contributed by atoms with Crippen LogP contribution in [0.2, 0.25) is 0 Å². The minimum atomic E-state index is -1.23. The van der Waals surface area contributed by atoms with Gasteiger partial charge in [0.15, 0.2) is 0 Å². The van der Waals surface area contributed by atoms with Gasteiger partial charge >= 0.3 is 0 Å². The molecule has 3 heterocycles. The van der Waals surface area contributed by atoms with Crippen LogP contribution in [0.4, 0.5) is 0 Å². The fourth-order valence-corrected chi connectivity index (χ4v) is 5.00. The molecule has 1 aliphatic heterocycles. The molecule has 170 valence electrons. The Morgan fingerprint density at radius 3 is 2.64 bits per heavy atom. The van der Waals surface area contributed by atoms with E-state index in [0.29, 0.717) is 6.54 Å². The zero-order valence-corrected chi connectivity index (χ0v) is 19.8. The maximum atomic E-state index is 13.8. The number of benzene rings is 1. The third kappa shape index (κ3) is 4.57. The van der Waals surface area contributed by atoms with Crippen LogP contribution in [0.3, 0.4) is 0 Å². The second-order valence-electron chi connectivity index (χ2n) is 8.50. The molecule has 0 bridgehead atoms. The number of aryl methyl sites for hydroxylation is 2. The van der Waals surface area contributed by atoms with Crippen LogP contribution in [0.15, 0.2) is 54.2 Å². The monoisotopic (exact) mass is 462 g/mol. The molecule has 0 spiro atoms. The van der Waals surface area contributed by atoms with Gasteiger partial charge in [-0.15, -0.1) is 11.3 Å². The van der Waals surface area contributed by atoms with Crippen molar-refractivity contribution in [2.24, 2.45) is 0 Å². The van der Waals surface area contributed by atoms with E-state index in [1.54, 1.807) is 30.4 Å². The van der Waals surface area contributed by atoms with Gasteiger partial charge in [0.1, 0.15) is 0 Å². The zero-order chi connectivity index (χ0) is 23.6. The van der Waals surface area contributed by atoms with E-state index in [1.165, 1.54) is 16.2 Å². The third-order valence-electron chi connectivity index (χ3n) is 6.08. The zero-order valence-electron chi connectivity index (χ0n) is 18.9. The molecule has 0 N–H and O–H groups in total. The Kier molecular flexibility index (Phi) is 6.37. The first-order chi connectivity index (χ1) is 15.8. The van der Waals surface area contributed by atoms with Gasteiger partial charge in [-0.3, -0.25) is 24.3 Å². The summed E-state index contributed by atoms with van der Waals surface area (Å²) in [6, 6.07) is 11.1. The van der Waals surface area contributed by atoms with Crippen LogP contribution in [0.25, 0.3) is 0 Å². The highest BCUT2D eigenvalue weighted by atomic mass is 32.1. The lowest BCUT2D eigenvalue weighted by molar-refractivity contribution is -0.143.